The Hall–Kier alpha value is -1.87. The van der Waals surface area contributed by atoms with Crippen molar-refractivity contribution < 1.29 is 4.79 Å². The number of hydrogen-bond acceptors (Lipinski definition) is 1. The van der Waals surface area contributed by atoms with Gasteiger partial charge in [-0.2, -0.15) is 0 Å². The zero-order chi connectivity index (χ0) is 14.2. The van der Waals surface area contributed by atoms with Gasteiger partial charge in [-0.05, 0) is 35.8 Å². The molecule has 0 unspecified atom stereocenters. The van der Waals surface area contributed by atoms with Crippen LogP contribution in [0.1, 0.15) is 11.1 Å². The Kier molecular flexibility index (Phi) is 5.56. The van der Waals surface area contributed by atoms with E-state index in [4.69, 9.17) is 0 Å². The molecule has 102 valence electrons. The van der Waals surface area contributed by atoms with Crippen molar-refractivity contribution in [2.45, 2.75) is 6.42 Å². The molecule has 1 N–H and O–H groups in total. The molecule has 0 aliphatic heterocycles. The molecule has 2 rings (SSSR count). The van der Waals surface area contributed by atoms with Gasteiger partial charge in [0.05, 0.1) is 0 Å². The number of carbonyl (C=O) groups is 1. The highest BCUT2D eigenvalue weighted by molar-refractivity contribution is 9.10. The monoisotopic (exact) mass is 329 g/mol. The van der Waals surface area contributed by atoms with Gasteiger partial charge in [-0.3, -0.25) is 4.79 Å². The van der Waals surface area contributed by atoms with Crippen LogP contribution < -0.4 is 5.32 Å². The molecule has 0 aliphatic rings. The molecule has 2 aromatic rings. The smallest absolute Gasteiger partial charge is 0.244 e. The summed E-state index contributed by atoms with van der Waals surface area (Å²) in [6, 6.07) is 17.9. The molecule has 2 nitrogen and oxygen atoms in total. The van der Waals surface area contributed by atoms with Crippen LogP contribution in [0.25, 0.3) is 6.08 Å². The van der Waals surface area contributed by atoms with E-state index >= 15 is 0 Å². The standard InChI is InChI=1S/C17H16BrNO/c18-16-9-6-15(7-10-16)12-13-19-17(20)11-8-14-4-2-1-3-5-14/h1-11H,12-13H2,(H,19,20). The number of amides is 1. The van der Waals surface area contributed by atoms with Crippen LogP contribution in [0.2, 0.25) is 0 Å². The molecule has 1 amide bonds. The lowest BCUT2D eigenvalue weighted by Crippen LogP contribution is -2.23. The Labute approximate surface area is 127 Å². The second kappa shape index (κ2) is 7.65. The average molecular weight is 330 g/mol. The molecule has 0 atom stereocenters. The third-order valence-corrected chi connectivity index (χ3v) is 3.38. The lowest BCUT2D eigenvalue weighted by molar-refractivity contribution is -0.116. The van der Waals surface area contributed by atoms with Crippen molar-refractivity contribution >= 4 is 27.9 Å². The summed E-state index contributed by atoms with van der Waals surface area (Å²) in [5.41, 5.74) is 2.23. The van der Waals surface area contributed by atoms with E-state index in [2.05, 4.69) is 33.4 Å². The molecular weight excluding hydrogens is 314 g/mol. The maximum Gasteiger partial charge on any atom is 0.244 e. The first-order valence-electron chi connectivity index (χ1n) is 6.49. The molecule has 0 saturated heterocycles. The lowest BCUT2D eigenvalue weighted by Gasteiger charge is -2.03. The fourth-order valence-electron chi connectivity index (χ4n) is 1.78. The summed E-state index contributed by atoms with van der Waals surface area (Å²) in [6.07, 6.45) is 4.21. The fraction of sp³-hybridized carbons (Fsp3) is 0.118. The molecule has 3 heteroatoms. The normalized spacial score (nSPS) is 10.7. The summed E-state index contributed by atoms with van der Waals surface area (Å²) in [6.45, 7) is 0.638. The van der Waals surface area contributed by atoms with Crippen LogP contribution >= 0.6 is 15.9 Å². The lowest BCUT2D eigenvalue weighted by atomic mass is 10.1. The second-order valence-electron chi connectivity index (χ2n) is 4.41. The first kappa shape index (κ1) is 14.5. The van der Waals surface area contributed by atoms with Gasteiger partial charge in [0.25, 0.3) is 0 Å². The summed E-state index contributed by atoms with van der Waals surface area (Å²) in [5, 5.41) is 2.88. The van der Waals surface area contributed by atoms with Crippen LogP contribution in [0.5, 0.6) is 0 Å². The fourth-order valence-corrected chi connectivity index (χ4v) is 2.04. The minimum Gasteiger partial charge on any atom is -0.352 e. The van der Waals surface area contributed by atoms with Crippen molar-refractivity contribution in [3.05, 3.63) is 76.3 Å². The maximum absolute atomic E-state index is 11.7. The van der Waals surface area contributed by atoms with E-state index < -0.39 is 0 Å². The van der Waals surface area contributed by atoms with Gasteiger partial charge in [-0.15, -0.1) is 0 Å². The van der Waals surface area contributed by atoms with E-state index in [0.717, 1.165) is 16.5 Å². The third kappa shape index (κ3) is 5.02. The predicted octanol–water partition coefficient (Wildman–Crippen LogP) is 3.82. The van der Waals surface area contributed by atoms with Gasteiger partial charge in [0, 0.05) is 17.1 Å². The Balaban J connectivity index is 1.75. The predicted molar refractivity (Wildman–Crippen MR) is 86.3 cm³/mol. The molecule has 2 aromatic carbocycles. The molecule has 0 heterocycles. The first-order valence-corrected chi connectivity index (χ1v) is 7.29. The van der Waals surface area contributed by atoms with Crippen molar-refractivity contribution in [3.8, 4) is 0 Å². The minimum atomic E-state index is -0.0639. The zero-order valence-corrected chi connectivity index (χ0v) is 12.6. The van der Waals surface area contributed by atoms with Crippen LogP contribution in [0, 0.1) is 0 Å². The number of hydrogen-bond donors (Lipinski definition) is 1. The Morgan fingerprint density at radius 3 is 2.45 bits per heavy atom. The highest BCUT2D eigenvalue weighted by Crippen LogP contribution is 2.10. The van der Waals surface area contributed by atoms with Gasteiger partial charge in [0.1, 0.15) is 0 Å². The topological polar surface area (TPSA) is 29.1 Å². The van der Waals surface area contributed by atoms with E-state index in [-0.39, 0.29) is 5.91 Å². The van der Waals surface area contributed by atoms with E-state index in [1.807, 2.05) is 48.5 Å². The summed E-state index contributed by atoms with van der Waals surface area (Å²) in [7, 11) is 0. The molecule has 0 fully saturated rings. The highest BCUT2D eigenvalue weighted by Gasteiger charge is 1.96. The van der Waals surface area contributed by atoms with Crippen molar-refractivity contribution in [2.75, 3.05) is 6.54 Å². The number of carbonyl (C=O) groups excluding carboxylic acids is 1. The molecule has 0 spiro atoms. The summed E-state index contributed by atoms with van der Waals surface area (Å²) < 4.78 is 1.07. The molecule has 0 aliphatic carbocycles. The number of rotatable bonds is 5. The largest absolute Gasteiger partial charge is 0.352 e. The van der Waals surface area contributed by atoms with Gasteiger partial charge >= 0.3 is 0 Å². The average Bonchev–Trinajstić information content (AvgIpc) is 2.48. The van der Waals surface area contributed by atoms with Crippen molar-refractivity contribution in [2.24, 2.45) is 0 Å². The van der Waals surface area contributed by atoms with Gasteiger partial charge in [0.15, 0.2) is 0 Å². The number of halogens is 1. The number of benzene rings is 2. The van der Waals surface area contributed by atoms with E-state index in [0.29, 0.717) is 6.54 Å². The SMILES string of the molecule is O=C(C=Cc1ccccc1)NCCc1ccc(Br)cc1. The van der Waals surface area contributed by atoms with Crippen LogP contribution in [0.15, 0.2) is 65.1 Å². The molecule has 0 radical (unpaired) electrons. The van der Waals surface area contributed by atoms with Crippen molar-refractivity contribution in [1.29, 1.82) is 0 Å². The molecule has 20 heavy (non-hydrogen) atoms. The quantitative estimate of drug-likeness (QED) is 0.830. The van der Waals surface area contributed by atoms with Gasteiger partial charge in [0.2, 0.25) is 5.91 Å². The van der Waals surface area contributed by atoms with E-state index in [1.54, 1.807) is 6.08 Å². The summed E-state index contributed by atoms with van der Waals surface area (Å²) in [5.74, 6) is -0.0639. The minimum absolute atomic E-state index is 0.0639. The molecular formula is C17H16BrNO. The van der Waals surface area contributed by atoms with Gasteiger partial charge in [-0.25, -0.2) is 0 Å². The summed E-state index contributed by atoms with van der Waals surface area (Å²) >= 11 is 3.40. The first-order chi connectivity index (χ1) is 9.74. The van der Waals surface area contributed by atoms with Crippen LogP contribution in [-0.4, -0.2) is 12.5 Å². The number of nitrogens with one attached hydrogen (secondary N) is 1. The molecule has 0 aromatic heterocycles. The Bertz CT molecular complexity index is 576. The molecule has 0 bridgehead atoms. The van der Waals surface area contributed by atoms with Crippen LogP contribution in [-0.2, 0) is 11.2 Å². The summed E-state index contributed by atoms with van der Waals surface area (Å²) in [4.78, 5) is 11.7. The van der Waals surface area contributed by atoms with Crippen molar-refractivity contribution in [1.82, 2.24) is 5.32 Å². The maximum atomic E-state index is 11.7. The third-order valence-electron chi connectivity index (χ3n) is 2.85. The highest BCUT2D eigenvalue weighted by atomic mass is 79.9. The molecule has 0 saturated carbocycles. The van der Waals surface area contributed by atoms with Gasteiger partial charge < -0.3 is 5.32 Å². The van der Waals surface area contributed by atoms with Gasteiger partial charge in [-0.1, -0.05) is 58.4 Å². The van der Waals surface area contributed by atoms with Crippen LogP contribution in [0.3, 0.4) is 0 Å². The Morgan fingerprint density at radius 1 is 1.05 bits per heavy atom. The zero-order valence-electron chi connectivity index (χ0n) is 11.1. The van der Waals surface area contributed by atoms with E-state index in [9.17, 15) is 4.79 Å². The Morgan fingerprint density at radius 2 is 1.75 bits per heavy atom. The van der Waals surface area contributed by atoms with E-state index in [1.165, 1.54) is 5.56 Å². The second-order valence-corrected chi connectivity index (χ2v) is 5.33. The van der Waals surface area contributed by atoms with Crippen LogP contribution in [0.4, 0.5) is 0 Å². The van der Waals surface area contributed by atoms with Crippen molar-refractivity contribution in [3.63, 3.8) is 0 Å².